The molecule has 0 aliphatic rings. The first kappa shape index (κ1) is 9.34. The van der Waals surface area contributed by atoms with Gasteiger partial charge in [0.25, 0.3) is 0 Å². The highest BCUT2D eigenvalue weighted by molar-refractivity contribution is 9.10. The molecule has 0 amide bonds. The van der Waals surface area contributed by atoms with E-state index in [-0.39, 0.29) is 5.75 Å². The number of rotatable bonds is 1. The SMILES string of the molecule is COc1cccc2ccc(Br)c(O)c12. The van der Waals surface area contributed by atoms with Crippen molar-refractivity contribution in [3.63, 3.8) is 0 Å². The molecule has 0 radical (unpaired) electrons. The van der Waals surface area contributed by atoms with Crippen molar-refractivity contribution in [2.75, 3.05) is 7.11 Å². The van der Waals surface area contributed by atoms with Gasteiger partial charge in [0.2, 0.25) is 0 Å². The molecule has 0 fully saturated rings. The van der Waals surface area contributed by atoms with Crippen LogP contribution in [-0.4, -0.2) is 12.2 Å². The highest BCUT2D eigenvalue weighted by Gasteiger charge is 2.08. The number of ether oxygens (including phenoxy) is 1. The normalized spacial score (nSPS) is 10.4. The number of phenolic OH excluding ortho intramolecular Hbond substituents is 1. The van der Waals surface area contributed by atoms with Crippen LogP contribution in [0.2, 0.25) is 0 Å². The van der Waals surface area contributed by atoms with Crippen LogP contribution in [-0.2, 0) is 0 Å². The number of phenols is 1. The first-order chi connectivity index (χ1) is 6.74. The van der Waals surface area contributed by atoms with Crippen LogP contribution >= 0.6 is 15.9 Å². The molecule has 14 heavy (non-hydrogen) atoms. The van der Waals surface area contributed by atoms with Gasteiger partial charge in [-0.15, -0.1) is 0 Å². The second-order valence-corrected chi connectivity index (χ2v) is 3.81. The molecule has 2 nitrogen and oxygen atoms in total. The number of aromatic hydroxyl groups is 1. The van der Waals surface area contributed by atoms with Crippen LogP contribution in [0.25, 0.3) is 10.8 Å². The Labute approximate surface area is 90.3 Å². The Morgan fingerprint density at radius 2 is 2.00 bits per heavy atom. The molecule has 3 heteroatoms. The summed E-state index contributed by atoms with van der Waals surface area (Å²) in [6, 6.07) is 9.41. The van der Waals surface area contributed by atoms with Crippen molar-refractivity contribution in [2.45, 2.75) is 0 Å². The molecular formula is C11H9BrO2. The molecule has 2 aromatic carbocycles. The lowest BCUT2D eigenvalue weighted by Gasteiger charge is -2.07. The Bertz CT molecular complexity index is 480. The second kappa shape index (κ2) is 3.50. The van der Waals surface area contributed by atoms with Crippen molar-refractivity contribution in [2.24, 2.45) is 0 Å². The minimum atomic E-state index is 0.222. The molecule has 0 unspecified atom stereocenters. The van der Waals surface area contributed by atoms with E-state index in [1.54, 1.807) is 7.11 Å². The van der Waals surface area contributed by atoms with Crippen LogP contribution in [0.4, 0.5) is 0 Å². The van der Waals surface area contributed by atoms with Crippen LogP contribution in [0.15, 0.2) is 34.8 Å². The fourth-order valence-electron chi connectivity index (χ4n) is 1.47. The molecule has 0 aliphatic carbocycles. The van der Waals surface area contributed by atoms with Gasteiger partial charge in [0, 0.05) is 0 Å². The number of hydrogen-bond donors (Lipinski definition) is 1. The van der Waals surface area contributed by atoms with Crippen LogP contribution in [0, 0.1) is 0 Å². The number of fused-ring (bicyclic) bond motifs is 1. The molecule has 2 aromatic rings. The fourth-order valence-corrected chi connectivity index (χ4v) is 1.80. The summed E-state index contributed by atoms with van der Waals surface area (Å²) < 4.78 is 5.86. The summed E-state index contributed by atoms with van der Waals surface area (Å²) in [6.45, 7) is 0. The standard InChI is InChI=1S/C11H9BrO2/c1-14-9-4-2-3-7-5-6-8(12)11(13)10(7)9/h2-6,13H,1H3. The smallest absolute Gasteiger partial charge is 0.141 e. The molecule has 0 atom stereocenters. The quantitative estimate of drug-likeness (QED) is 0.844. The highest BCUT2D eigenvalue weighted by atomic mass is 79.9. The summed E-state index contributed by atoms with van der Waals surface area (Å²) in [5.41, 5.74) is 0. The summed E-state index contributed by atoms with van der Waals surface area (Å²) in [6.07, 6.45) is 0. The van der Waals surface area contributed by atoms with Crippen molar-refractivity contribution in [3.8, 4) is 11.5 Å². The molecule has 72 valence electrons. The molecule has 0 heterocycles. The average molecular weight is 253 g/mol. The van der Waals surface area contributed by atoms with Crippen LogP contribution in [0.1, 0.15) is 0 Å². The van der Waals surface area contributed by atoms with Crippen molar-refractivity contribution in [1.29, 1.82) is 0 Å². The van der Waals surface area contributed by atoms with E-state index in [2.05, 4.69) is 15.9 Å². The summed E-state index contributed by atoms with van der Waals surface area (Å²) in [4.78, 5) is 0. The fraction of sp³-hybridized carbons (Fsp3) is 0.0909. The second-order valence-electron chi connectivity index (χ2n) is 2.95. The zero-order valence-corrected chi connectivity index (χ0v) is 9.21. The van der Waals surface area contributed by atoms with Gasteiger partial charge in [-0.2, -0.15) is 0 Å². The first-order valence-electron chi connectivity index (χ1n) is 4.18. The van der Waals surface area contributed by atoms with Gasteiger partial charge in [-0.25, -0.2) is 0 Å². The molecule has 0 saturated carbocycles. The Hall–Kier alpha value is -1.22. The van der Waals surface area contributed by atoms with Gasteiger partial charge in [-0.3, -0.25) is 0 Å². The van der Waals surface area contributed by atoms with E-state index < -0.39 is 0 Å². The van der Waals surface area contributed by atoms with Crippen molar-refractivity contribution < 1.29 is 9.84 Å². The van der Waals surface area contributed by atoms with Crippen LogP contribution in [0.5, 0.6) is 11.5 Å². The van der Waals surface area contributed by atoms with Gasteiger partial charge in [-0.05, 0) is 33.4 Å². The molecule has 0 aromatic heterocycles. The Morgan fingerprint density at radius 1 is 1.21 bits per heavy atom. The third kappa shape index (κ3) is 1.34. The van der Waals surface area contributed by atoms with Crippen LogP contribution < -0.4 is 4.74 Å². The van der Waals surface area contributed by atoms with Gasteiger partial charge in [-0.1, -0.05) is 18.2 Å². The lowest BCUT2D eigenvalue weighted by atomic mass is 10.1. The third-order valence-electron chi connectivity index (χ3n) is 2.15. The lowest BCUT2D eigenvalue weighted by Crippen LogP contribution is -1.85. The maximum Gasteiger partial charge on any atom is 0.141 e. The maximum atomic E-state index is 9.84. The predicted octanol–water partition coefficient (Wildman–Crippen LogP) is 3.32. The van der Waals surface area contributed by atoms with Gasteiger partial charge in [0.1, 0.15) is 11.5 Å². The topological polar surface area (TPSA) is 29.5 Å². The molecule has 0 aliphatic heterocycles. The minimum Gasteiger partial charge on any atom is -0.506 e. The van der Waals surface area contributed by atoms with E-state index in [9.17, 15) is 5.11 Å². The first-order valence-corrected chi connectivity index (χ1v) is 4.97. The van der Waals surface area contributed by atoms with E-state index in [4.69, 9.17) is 4.74 Å². The van der Waals surface area contributed by atoms with E-state index >= 15 is 0 Å². The van der Waals surface area contributed by atoms with Gasteiger partial charge in [0.15, 0.2) is 0 Å². The Kier molecular flexibility index (Phi) is 2.33. The number of hydrogen-bond acceptors (Lipinski definition) is 2. The zero-order chi connectivity index (χ0) is 10.1. The van der Waals surface area contributed by atoms with E-state index in [1.165, 1.54) is 0 Å². The molecule has 2 rings (SSSR count). The van der Waals surface area contributed by atoms with Gasteiger partial charge >= 0.3 is 0 Å². The van der Waals surface area contributed by atoms with E-state index in [0.717, 1.165) is 10.8 Å². The summed E-state index contributed by atoms with van der Waals surface area (Å²) in [7, 11) is 1.59. The lowest BCUT2D eigenvalue weighted by molar-refractivity contribution is 0.416. The predicted molar refractivity (Wildman–Crippen MR) is 59.9 cm³/mol. The summed E-state index contributed by atoms with van der Waals surface area (Å²) in [5.74, 6) is 0.904. The van der Waals surface area contributed by atoms with Crippen LogP contribution in [0.3, 0.4) is 0 Å². The zero-order valence-electron chi connectivity index (χ0n) is 7.62. The Balaban J connectivity index is 2.89. The van der Waals surface area contributed by atoms with Crippen molar-refractivity contribution in [3.05, 3.63) is 34.8 Å². The maximum absolute atomic E-state index is 9.84. The Morgan fingerprint density at radius 3 is 2.71 bits per heavy atom. The molecule has 0 saturated heterocycles. The van der Waals surface area contributed by atoms with Gasteiger partial charge in [0.05, 0.1) is 17.0 Å². The third-order valence-corrected chi connectivity index (χ3v) is 2.79. The molecule has 1 N–H and O–H groups in total. The monoisotopic (exact) mass is 252 g/mol. The number of methoxy groups -OCH3 is 1. The number of halogens is 1. The molecule has 0 bridgehead atoms. The molecule has 0 spiro atoms. The summed E-state index contributed by atoms with van der Waals surface area (Å²) in [5, 5.41) is 11.5. The minimum absolute atomic E-state index is 0.222. The van der Waals surface area contributed by atoms with Crippen molar-refractivity contribution >= 4 is 26.7 Å². The molecular weight excluding hydrogens is 244 g/mol. The van der Waals surface area contributed by atoms with Gasteiger partial charge < -0.3 is 9.84 Å². The van der Waals surface area contributed by atoms with Crippen molar-refractivity contribution in [1.82, 2.24) is 0 Å². The number of benzene rings is 2. The van der Waals surface area contributed by atoms with E-state index in [1.807, 2.05) is 30.3 Å². The summed E-state index contributed by atoms with van der Waals surface area (Å²) >= 11 is 3.27. The largest absolute Gasteiger partial charge is 0.506 e. The highest BCUT2D eigenvalue weighted by Crippen LogP contribution is 2.37. The average Bonchev–Trinajstić information content (AvgIpc) is 2.23. The van der Waals surface area contributed by atoms with E-state index in [0.29, 0.717) is 10.2 Å².